The predicted octanol–water partition coefficient (Wildman–Crippen LogP) is 4.76. The number of rotatable bonds is 3. The molecule has 1 atom stereocenters. The van der Waals surface area contributed by atoms with E-state index in [1.54, 1.807) is 19.1 Å². The van der Waals surface area contributed by atoms with Gasteiger partial charge in [-0.1, -0.05) is 35.9 Å². The molecule has 0 aliphatic rings. The Morgan fingerprint density at radius 3 is 2.80 bits per heavy atom. The first-order valence-electron chi connectivity index (χ1n) is 7.66. The molecule has 6 heteroatoms. The van der Waals surface area contributed by atoms with E-state index in [1.807, 2.05) is 36.4 Å². The zero-order chi connectivity index (χ0) is 17.6. The van der Waals surface area contributed by atoms with Gasteiger partial charge in [-0.25, -0.2) is 4.98 Å². The first-order valence-corrected chi connectivity index (χ1v) is 8.04. The minimum atomic E-state index is -1.08. The van der Waals surface area contributed by atoms with Gasteiger partial charge in [0.05, 0.1) is 22.1 Å². The molecular weight excluding hydrogens is 338 g/mol. The van der Waals surface area contributed by atoms with Gasteiger partial charge in [0.1, 0.15) is 5.82 Å². The third-order valence-corrected chi connectivity index (χ3v) is 4.51. The molecule has 2 aromatic heterocycles. The number of aryl methyl sites for hydroxylation is 1. The maximum absolute atomic E-state index is 12.9. The SMILES string of the molecule is Cc1c(C(=O)[C@H](C#N)c2nc3ccccc3[nH]2)oc2c(Cl)cccc12. The van der Waals surface area contributed by atoms with Gasteiger partial charge in [0.25, 0.3) is 0 Å². The van der Waals surface area contributed by atoms with Crippen LogP contribution in [0.2, 0.25) is 5.02 Å². The lowest BCUT2D eigenvalue weighted by atomic mass is 10.00. The molecular formula is C19H12ClN3O2. The number of carbonyl (C=O) groups excluding carboxylic acids is 1. The number of nitriles is 1. The van der Waals surface area contributed by atoms with E-state index in [0.29, 0.717) is 27.5 Å². The lowest BCUT2D eigenvalue weighted by Gasteiger charge is -2.03. The number of H-pyrrole nitrogens is 1. The van der Waals surface area contributed by atoms with E-state index in [4.69, 9.17) is 16.0 Å². The molecule has 2 heterocycles. The monoisotopic (exact) mass is 349 g/mol. The molecule has 4 rings (SSSR count). The molecule has 0 aliphatic heterocycles. The van der Waals surface area contributed by atoms with Crippen molar-refractivity contribution in [2.45, 2.75) is 12.8 Å². The van der Waals surface area contributed by atoms with Gasteiger partial charge in [0, 0.05) is 10.9 Å². The second kappa shape index (κ2) is 5.76. The number of furan rings is 1. The highest BCUT2D eigenvalue weighted by Gasteiger charge is 2.30. The van der Waals surface area contributed by atoms with Gasteiger partial charge in [-0.15, -0.1) is 0 Å². The summed E-state index contributed by atoms with van der Waals surface area (Å²) in [4.78, 5) is 20.3. The van der Waals surface area contributed by atoms with Crippen molar-refractivity contribution in [1.82, 2.24) is 9.97 Å². The van der Waals surface area contributed by atoms with Gasteiger partial charge in [0.2, 0.25) is 5.78 Å². The fraction of sp³-hybridized carbons (Fsp3) is 0.105. The molecule has 0 saturated carbocycles. The number of halogens is 1. The van der Waals surface area contributed by atoms with E-state index in [1.165, 1.54) is 0 Å². The van der Waals surface area contributed by atoms with Crippen LogP contribution in [0, 0.1) is 18.3 Å². The molecule has 5 nitrogen and oxygen atoms in total. The van der Waals surface area contributed by atoms with E-state index in [0.717, 1.165) is 10.9 Å². The Kier molecular flexibility index (Phi) is 3.56. The van der Waals surface area contributed by atoms with Crippen LogP contribution >= 0.6 is 11.6 Å². The van der Waals surface area contributed by atoms with Crippen LogP contribution in [0.25, 0.3) is 22.0 Å². The summed E-state index contributed by atoms with van der Waals surface area (Å²) in [5, 5.41) is 10.7. The number of ketones is 1. The zero-order valence-corrected chi connectivity index (χ0v) is 14.0. The van der Waals surface area contributed by atoms with Crippen LogP contribution in [0.5, 0.6) is 0 Å². The number of Topliss-reactive ketones (excluding diaryl/α,β-unsaturated/α-hetero) is 1. The highest BCUT2D eigenvalue weighted by molar-refractivity contribution is 6.35. The van der Waals surface area contributed by atoms with Crippen LogP contribution in [-0.2, 0) is 0 Å². The third-order valence-electron chi connectivity index (χ3n) is 4.21. The van der Waals surface area contributed by atoms with Gasteiger partial charge in [-0.3, -0.25) is 4.79 Å². The van der Waals surface area contributed by atoms with Crippen LogP contribution in [-0.4, -0.2) is 15.8 Å². The molecule has 0 radical (unpaired) electrons. The van der Waals surface area contributed by atoms with Crippen molar-refractivity contribution in [3.05, 3.63) is 64.6 Å². The van der Waals surface area contributed by atoms with Crippen molar-refractivity contribution in [1.29, 1.82) is 5.26 Å². The van der Waals surface area contributed by atoms with Crippen LogP contribution < -0.4 is 0 Å². The Bertz CT molecular complexity index is 1130. The lowest BCUT2D eigenvalue weighted by Crippen LogP contribution is -2.13. The van der Waals surface area contributed by atoms with E-state index in [-0.39, 0.29) is 5.76 Å². The summed E-state index contributed by atoms with van der Waals surface area (Å²) in [6.07, 6.45) is 0. The number of benzene rings is 2. The molecule has 0 unspecified atom stereocenters. The van der Waals surface area contributed by atoms with Crippen molar-refractivity contribution in [2.75, 3.05) is 0 Å². The number of imidazole rings is 1. The van der Waals surface area contributed by atoms with E-state index in [2.05, 4.69) is 9.97 Å². The summed E-state index contributed by atoms with van der Waals surface area (Å²) in [7, 11) is 0. The van der Waals surface area contributed by atoms with Gasteiger partial charge in [-0.2, -0.15) is 5.26 Å². The highest BCUT2D eigenvalue weighted by Crippen LogP contribution is 2.33. The van der Waals surface area contributed by atoms with Crippen LogP contribution in [0.15, 0.2) is 46.9 Å². The van der Waals surface area contributed by atoms with Gasteiger partial charge >= 0.3 is 0 Å². The third kappa shape index (κ3) is 2.39. The molecule has 0 saturated heterocycles. The minimum Gasteiger partial charge on any atom is -0.451 e. The van der Waals surface area contributed by atoms with Crippen molar-refractivity contribution < 1.29 is 9.21 Å². The summed E-state index contributed by atoms with van der Waals surface area (Å²) in [5.74, 6) is -1.08. The van der Waals surface area contributed by atoms with Crippen molar-refractivity contribution in [3.63, 3.8) is 0 Å². The van der Waals surface area contributed by atoms with E-state index >= 15 is 0 Å². The molecule has 0 aliphatic carbocycles. The fourth-order valence-corrected chi connectivity index (χ4v) is 3.14. The minimum absolute atomic E-state index is 0.134. The summed E-state index contributed by atoms with van der Waals surface area (Å²) < 4.78 is 5.70. The van der Waals surface area contributed by atoms with Crippen molar-refractivity contribution in [3.8, 4) is 6.07 Å². The molecule has 25 heavy (non-hydrogen) atoms. The summed E-state index contributed by atoms with van der Waals surface area (Å²) in [5.41, 5.74) is 2.59. The second-order valence-corrected chi connectivity index (χ2v) is 6.15. The topological polar surface area (TPSA) is 82.7 Å². The first kappa shape index (κ1) is 15.4. The average Bonchev–Trinajstić information content (AvgIpc) is 3.18. The molecule has 0 amide bonds. The Labute approximate surface area is 147 Å². The maximum atomic E-state index is 12.9. The number of fused-ring (bicyclic) bond motifs is 2. The van der Waals surface area contributed by atoms with Crippen LogP contribution in [0.3, 0.4) is 0 Å². The van der Waals surface area contributed by atoms with Crippen molar-refractivity contribution in [2.24, 2.45) is 0 Å². The predicted molar refractivity (Wildman–Crippen MR) is 94.7 cm³/mol. The number of nitrogens with one attached hydrogen (secondary N) is 1. The number of nitrogens with zero attached hydrogens (tertiary/aromatic N) is 2. The zero-order valence-electron chi connectivity index (χ0n) is 13.2. The van der Waals surface area contributed by atoms with Gasteiger partial charge < -0.3 is 9.40 Å². The number of aromatic amines is 1. The molecule has 0 bridgehead atoms. The second-order valence-electron chi connectivity index (χ2n) is 5.74. The molecule has 4 aromatic rings. The number of carbonyl (C=O) groups is 1. The quantitative estimate of drug-likeness (QED) is 0.540. The van der Waals surface area contributed by atoms with Crippen LogP contribution in [0.1, 0.15) is 27.9 Å². The molecule has 1 N–H and O–H groups in total. The Hall–Kier alpha value is -3.10. The van der Waals surface area contributed by atoms with E-state index < -0.39 is 11.7 Å². The van der Waals surface area contributed by atoms with E-state index in [9.17, 15) is 10.1 Å². The first-order chi connectivity index (χ1) is 12.1. The normalized spacial score (nSPS) is 12.4. The number of para-hydroxylation sites is 3. The smallest absolute Gasteiger partial charge is 0.223 e. The number of aromatic nitrogens is 2. The molecule has 0 spiro atoms. The molecule has 0 fully saturated rings. The largest absolute Gasteiger partial charge is 0.451 e. The summed E-state index contributed by atoms with van der Waals surface area (Å²) >= 11 is 6.14. The summed E-state index contributed by atoms with van der Waals surface area (Å²) in [6, 6.07) is 14.7. The van der Waals surface area contributed by atoms with Gasteiger partial charge in [0.15, 0.2) is 17.3 Å². The number of hydrogen-bond acceptors (Lipinski definition) is 4. The number of hydrogen-bond donors (Lipinski definition) is 1. The highest BCUT2D eigenvalue weighted by atomic mass is 35.5. The van der Waals surface area contributed by atoms with Crippen LogP contribution in [0.4, 0.5) is 0 Å². The molecule has 2 aromatic carbocycles. The van der Waals surface area contributed by atoms with Crippen molar-refractivity contribution >= 4 is 39.4 Å². The maximum Gasteiger partial charge on any atom is 0.223 e. The lowest BCUT2D eigenvalue weighted by molar-refractivity contribution is 0.0951. The Morgan fingerprint density at radius 1 is 1.28 bits per heavy atom. The average molecular weight is 350 g/mol. The Balaban J connectivity index is 1.82. The summed E-state index contributed by atoms with van der Waals surface area (Å²) in [6.45, 7) is 1.78. The van der Waals surface area contributed by atoms with Gasteiger partial charge in [-0.05, 0) is 25.1 Å². The standard InChI is InChI=1S/C19H12ClN3O2/c1-10-11-5-4-6-13(20)18(11)25-17(10)16(24)12(9-21)19-22-14-7-2-3-8-15(14)23-19/h2-8,12H,1H3,(H,22,23)/t12-/m0/s1. The fourth-order valence-electron chi connectivity index (χ4n) is 2.93. The Morgan fingerprint density at radius 2 is 2.08 bits per heavy atom. The molecule has 122 valence electrons.